The van der Waals surface area contributed by atoms with Crippen LogP contribution >= 0.6 is 0 Å². The first-order valence-corrected chi connectivity index (χ1v) is 6.07. The first-order chi connectivity index (χ1) is 8.11. The number of fused-ring (bicyclic) bond motifs is 2. The van der Waals surface area contributed by atoms with Crippen LogP contribution < -0.4 is 0 Å². The third kappa shape index (κ3) is 1.48. The van der Waals surface area contributed by atoms with Crippen molar-refractivity contribution in [2.75, 3.05) is 0 Å². The van der Waals surface area contributed by atoms with E-state index in [-0.39, 0.29) is 17.6 Å². The van der Waals surface area contributed by atoms with Gasteiger partial charge in [-0.3, -0.25) is 4.79 Å². The summed E-state index contributed by atoms with van der Waals surface area (Å²) in [5, 5.41) is 10.3. The van der Waals surface area contributed by atoms with Crippen LogP contribution in [0.5, 0.6) is 0 Å². The molecule has 4 atom stereocenters. The van der Waals surface area contributed by atoms with Gasteiger partial charge in [-0.2, -0.15) is 0 Å². The number of Topliss-reactive ketones (excluding diaryl/α,β-unsaturated/α-hetero) is 1. The van der Waals surface area contributed by atoms with Crippen molar-refractivity contribution in [3.8, 4) is 0 Å². The van der Waals surface area contributed by atoms with E-state index >= 15 is 0 Å². The lowest BCUT2D eigenvalue weighted by Crippen LogP contribution is -2.18. The molecule has 0 amide bonds. The highest BCUT2D eigenvalue weighted by Crippen LogP contribution is 2.60. The molecule has 2 aliphatic rings. The molecule has 0 spiro atoms. The first-order valence-electron chi connectivity index (χ1n) is 6.07. The van der Waals surface area contributed by atoms with E-state index in [1.54, 1.807) is 0 Å². The van der Waals surface area contributed by atoms with Gasteiger partial charge >= 0.3 is 0 Å². The number of carbonyl (C=O) groups excluding carboxylic acids is 1. The molecular formula is C15H16O2. The smallest absolute Gasteiger partial charge is 0.167 e. The summed E-state index contributed by atoms with van der Waals surface area (Å²) < 4.78 is 0. The summed E-state index contributed by atoms with van der Waals surface area (Å²) in [7, 11) is 0. The average Bonchev–Trinajstić information content (AvgIpc) is 3.00. The molecule has 0 aliphatic heterocycles. The molecule has 2 heteroatoms. The molecule has 17 heavy (non-hydrogen) atoms. The SMILES string of the molecule is C=C(C)CC1C2C(=O)c3ccccc3C(O)C12. The number of carbonyl (C=O) groups is 1. The van der Waals surface area contributed by atoms with Crippen molar-refractivity contribution in [2.45, 2.75) is 19.4 Å². The van der Waals surface area contributed by atoms with Crippen molar-refractivity contribution < 1.29 is 9.90 Å². The van der Waals surface area contributed by atoms with Crippen LogP contribution in [0.4, 0.5) is 0 Å². The molecule has 0 bridgehead atoms. The van der Waals surface area contributed by atoms with E-state index in [4.69, 9.17) is 0 Å². The average molecular weight is 228 g/mol. The molecule has 1 saturated carbocycles. The topological polar surface area (TPSA) is 37.3 Å². The van der Waals surface area contributed by atoms with Gasteiger partial charge in [0, 0.05) is 17.4 Å². The van der Waals surface area contributed by atoms with Gasteiger partial charge in [0.05, 0.1) is 6.10 Å². The maximum atomic E-state index is 12.3. The molecule has 0 heterocycles. The lowest BCUT2D eigenvalue weighted by atomic mass is 9.89. The Hall–Kier alpha value is -1.41. The van der Waals surface area contributed by atoms with Crippen LogP contribution in [0.25, 0.3) is 0 Å². The van der Waals surface area contributed by atoms with Crippen LogP contribution in [0, 0.1) is 17.8 Å². The molecule has 2 nitrogen and oxygen atoms in total. The third-order valence-electron chi connectivity index (χ3n) is 4.03. The Morgan fingerprint density at radius 1 is 1.41 bits per heavy atom. The second-order valence-electron chi connectivity index (χ2n) is 5.32. The standard InChI is InChI=1S/C15H16O2/c1-8(2)7-11-12-13(11)15(17)10-6-4-3-5-9(10)14(12)16/h3-6,11-14,16H,1,7H2,2H3. The Morgan fingerprint density at radius 2 is 2.12 bits per heavy atom. The van der Waals surface area contributed by atoms with Gasteiger partial charge in [0.25, 0.3) is 0 Å². The number of benzene rings is 1. The van der Waals surface area contributed by atoms with Crippen molar-refractivity contribution in [1.82, 2.24) is 0 Å². The lowest BCUT2D eigenvalue weighted by molar-refractivity contribution is 0.0874. The van der Waals surface area contributed by atoms with E-state index in [9.17, 15) is 9.90 Å². The molecule has 0 aromatic heterocycles. The Bertz CT molecular complexity index is 503. The van der Waals surface area contributed by atoms with E-state index in [0.29, 0.717) is 11.5 Å². The predicted molar refractivity (Wildman–Crippen MR) is 65.6 cm³/mol. The van der Waals surface area contributed by atoms with Crippen LogP contribution in [0.1, 0.15) is 35.4 Å². The Morgan fingerprint density at radius 3 is 2.82 bits per heavy atom. The Labute approximate surface area is 101 Å². The van der Waals surface area contributed by atoms with Gasteiger partial charge in [0.1, 0.15) is 0 Å². The summed E-state index contributed by atoms with van der Waals surface area (Å²) >= 11 is 0. The summed E-state index contributed by atoms with van der Waals surface area (Å²) in [6.07, 6.45) is 0.379. The van der Waals surface area contributed by atoms with Gasteiger partial charge in [-0.05, 0) is 24.8 Å². The van der Waals surface area contributed by atoms with Crippen molar-refractivity contribution in [2.24, 2.45) is 17.8 Å². The van der Waals surface area contributed by atoms with Crippen LogP contribution in [0.2, 0.25) is 0 Å². The minimum Gasteiger partial charge on any atom is -0.388 e. The minimum absolute atomic E-state index is 0.0246. The normalized spacial score (nSPS) is 33.9. The zero-order valence-corrected chi connectivity index (χ0v) is 9.89. The summed E-state index contributed by atoms with van der Waals surface area (Å²) in [6, 6.07) is 7.43. The van der Waals surface area contributed by atoms with E-state index in [1.165, 1.54) is 0 Å². The molecule has 0 saturated heterocycles. The highest BCUT2D eigenvalue weighted by atomic mass is 16.3. The number of hydrogen-bond acceptors (Lipinski definition) is 2. The van der Waals surface area contributed by atoms with E-state index in [2.05, 4.69) is 6.58 Å². The number of rotatable bonds is 2. The van der Waals surface area contributed by atoms with Gasteiger partial charge in [0.2, 0.25) is 0 Å². The highest BCUT2D eigenvalue weighted by molar-refractivity contribution is 6.03. The zero-order chi connectivity index (χ0) is 12.2. The number of aliphatic hydroxyl groups excluding tert-OH is 1. The monoisotopic (exact) mass is 228 g/mol. The Balaban J connectivity index is 1.96. The van der Waals surface area contributed by atoms with Crippen molar-refractivity contribution in [3.63, 3.8) is 0 Å². The molecule has 1 fully saturated rings. The number of hydrogen-bond donors (Lipinski definition) is 1. The highest BCUT2D eigenvalue weighted by Gasteiger charge is 2.60. The molecule has 1 N–H and O–H groups in total. The van der Waals surface area contributed by atoms with Crippen LogP contribution in [0.3, 0.4) is 0 Å². The summed E-state index contributed by atoms with van der Waals surface area (Å²) in [5.74, 6) is 0.648. The van der Waals surface area contributed by atoms with Crippen molar-refractivity contribution in [3.05, 3.63) is 47.5 Å². The fraction of sp³-hybridized carbons (Fsp3) is 0.400. The summed E-state index contributed by atoms with van der Waals surface area (Å²) in [4.78, 5) is 12.3. The van der Waals surface area contributed by atoms with Gasteiger partial charge in [-0.25, -0.2) is 0 Å². The van der Waals surface area contributed by atoms with E-state index < -0.39 is 6.10 Å². The third-order valence-corrected chi connectivity index (χ3v) is 4.03. The molecule has 4 unspecified atom stereocenters. The lowest BCUT2D eigenvalue weighted by Gasteiger charge is -2.19. The predicted octanol–water partition coefficient (Wildman–Crippen LogP) is 2.74. The quantitative estimate of drug-likeness (QED) is 0.790. The fourth-order valence-corrected chi connectivity index (χ4v) is 3.23. The second kappa shape index (κ2) is 3.54. The molecule has 1 aromatic carbocycles. The van der Waals surface area contributed by atoms with Crippen molar-refractivity contribution in [1.29, 1.82) is 0 Å². The molecule has 3 rings (SSSR count). The second-order valence-corrected chi connectivity index (χ2v) is 5.32. The molecule has 0 radical (unpaired) electrons. The zero-order valence-electron chi connectivity index (χ0n) is 9.89. The van der Waals surface area contributed by atoms with Gasteiger partial charge in [0.15, 0.2) is 5.78 Å². The van der Waals surface area contributed by atoms with Gasteiger partial charge in [-0.1, -0.05) is 29.8 Å². The first kappa shape index (κ1) is 10.7. The summed E-state index contributed by atoms with van der Waals surface area (Å²) in [5.41, 5.74) is 2.61. The number of allylic oxidation sites excluding steroid dienone is 1. The maximum absolute atomic E-state index is 12.3. The molecule has 2 aliphatic carbocycles. The molecule has 1 aromatic rings. The minimum atomic E-state index is -0.474. The van der Waals surface area contributed by atoms with E-state index in [0.717, 1.165) is 17.6 Å². The fourth-order valence-electron chi connectivity index (χ4n) is 3.23. The molecule has 88 valence electrons. The van der Waals surface area contributed by atoms with Crippen LogP contribution in [0.15, 0.2) is 36.4 Å². The largest absolute Gasteiger partial charge is 0.388 e. The van der Waals surface area contributed by atoms with Crippen molar-refractivity contribution >= 4 is 5.78 Å². The van der Waals surface area contributed by atoms with E-state index in [1.807, 2.05) is 31.2 Å². The number of ketones is 1. The van der Waals surface area contributed by atoms with Crippen LogP contribution in [-0.4, -0.2) is 10.9 Å². The molecular weight excluding hydrogens is 212 g/mol. The van der Waals surface area contributed by atoms with Gasteiger partial charge in [-0.15, -0.1) is 6.58 Å². The Kier molecular flexibility index (Phi) is 2.23. The maximum Gasteiger partial charge on any atom is 0.167 e. The van der Waals surface area contributed by atoms with Gasteiger partial charge < -0.3 is 5.11 Å². The summed E-state index contributed by atoms with van der Waals surface area (Å²) in [6.45, 7) is 5.88. The number of aliphatic hydroxyl groups is 1. The van der Waals surface area contributed by atoms with Crippen LogP contribution in [-0.2, 0) is 0 Å².